The average molecular weight is 458 g/mol. The molecule has 0 heterocycles. The fourth-order valence-corrected chi connectivity index (χ4v) is 4.26. The number of amides is 2. The third-order valence-corrected chi connectivity index (χ3v) is 6.09. The summed E-state index contributed by atoms with van der Waals surface area (Å²) in [6.07, 6.45) is -0.463. The molecule has 0 bridgehead atoms. The van der Waals surface area contributed by atoms with E-state index in [1.165, 1.54) is 6.07 Å². The minimum atomic E-state index is -1.66. The van der Waals surface area contributed by atoms with Gasteiger partial charge in [-0.2, -0.15) is 0 Å². The molecule has 0 radical (unpaired) electrons. The summed E-state index contributed by atoms with van der Waals surface area (Å²) in [6, 6.07) is 13.3. The first-order valence-electron chi connectivity index (χ1n) is 10.4. The zero-order chi connectivity index (χ0) is 23.3. The highest BCUT2D eigenvalue weighted by Crippen LogP contribution is 2.32. The molecule has 8 nitrogen and oxygen atoms in total. The molecule has 2 aromatic rings. The van der Waals surface area contributed by atoms with Crippen molar-refractivity contribution in [2.24, 2.45) is 0 Å². The van der Waals surface area contributed by atoms with Crippen LogP contribution >= 0.6 is 12.2 Å². The Morgan fingerprint density at radius 3 is 2.53 bits per heavy atom. The van der Waals surface area contributed by atoms with Crippen molar-refractivity contribution < 1.29 is 25.0 Å². The first-order chi connectivity index (χ1) is 15.3. The van der Waals surface area contributed by atoms with E-state index in [0.717, 1.165) is 11.1 Å². The lowest BCUT2D eigenvalue weighted by Crippen LogP contribution is -2.61. The van der Waals surface area contributed by atoms with Crippen LogP contribution in [0.4, 0.5) is 0 Å². The molecule has 1 aliphatic carbocycles. The van der Waals surface area contributed by atoms with E-state index in [4.69, 9.17) is 12.2 Å². The monoisotopic (exact) mass is 457 g/mol. The van der Waals surface area contributed by atoms with Crippen LogP contribution in [-0.2, 0) is 22.4 Å². The molecule has 6 N–H and O–H groups in total. The van der Waals surface area contributed by atoms with Gasteiger partial charge in [0.05, 0.1) is 23.6 Å². The highest BCUT2D eigenvalue weighted by Gasteiger charge is 2.43. The van der Waals surface area contributed by atoms with E-state index in [2.05, 4.69) is 10.6 Å². The number of hydroxylamine groups is 1. The Hall–Kier alpha value is -3.01. The highest BCUT2D eigenvalue weighted by molar-refractivity contribution is 7.80. The lowest BCUT2D eigenvalue weighted by molar-refractivity contribution is -0.139. The molecule has 3 rings (SSSR count). The number of phenolic OH excluding ortho intramolecular Hbond substituents is 1. The van der Waals surface area contributed by atoms with Crippen molar-refractivity contribution in [3.8, 4) is 5.75 Å². The van der Waals surface area contributed by atoms with Crippen molar-refractivity contribution in [3.63, 3.8) is 0 Å². The number of aliphatic hydroxyl groups excluding tert-OH is 1. The van der Waals surface area contributed by atoms with Crippen LogP contribution in [0.3, 0.4) is 0 Å². The number of aromatic hydroxyl groups is 1. The van der Waals surface area contributed by atoms with Gasteiger partial charge in [0.1, 0.15) is 11.3 Å². The summed E-state index contributed by atoms with van der Waals surface area (Å²) in [4.78, 5) is 26.3. The molecule has 2 aromatic carbocycles. The van der Waals surface area contributed by atoms with Crippen molar-refractivity contribution in [1.82, 2.24) is 16.1 Å². The molecule has 0 aromatic heterocycles. The largest absolute Gasteiger partial charge is 0.508 e. The lowest BCUT2D eigenvalue weighted by Gasteiger charge is -2.34. The predicted octanol–water partition coefficient (Wildman–Crippen LogP) is 1.67. The second kappa shape index (κ2) is 10.1. The van der Waals surface area contributed by atoms with Gasteiger partial charge in [-0.15, -0.1) is 0 Å². The Labute approximate surface area is 191 Å². The van der Waals surface area contributed by atoms with E-state index in [1.807, 2.05) is 24.3 Å². The van der Waals surface area contributed by atoms with Gasteiger partial charge >= 0.3 is 0 Å². The molecule has 0 unspecified atom stereocenters. The molecule has 1 aliphatic rings. The highest BCUT2D eigenvalue weighted by atomic mass is 32.1. The minimum Gasteiger partial charge on any atom is -0.508 e. The molecule has 3 atom stereocenters. The second-order valence-electron chi connectivity index (χ2n) is 7.92. The van der Waals surface area contributed by atoms with Gasteiger partial charge in [0.2, 0.25) is 5.91 Å². The number of rotatable bonds is 8. The molecule has 0 aliphatic heterocycles. The molecule has 0 saturated heterocycles. The zero-order valence-corrected chi connectivity index (χ0v) is 18.5. The van der Waals surface area contributed by atoms with Gasteiger partial charge in [-0.1, -0.05) is 61.6 Å². The summed E-state index contributed by atoms with van der Waals surface area (Å²) >= 11 is 5.28. The number of phenols is 1. The lowest BCUT2D eigenvalue weighted by atomic mass is 9.85. The summed E-state index contributed by atoms with van der Waals surface area (Å²) in [5.41, 5.74) is 2.14. The van der Waals surface area contributed by atoms with Gasteiger partial charge in [0, 0.05) is 12.8 Å². The number of fused-ring (bicyclic) bond motifs is 1. The Bertz CT molecular complexity index is 1010. The van der Waals surface area contributed by atoms with Crippen LogP contribution in [0.2, 0.25) is 0 Å². The molecule has 170 valence electrons. The zero-order valence-electron chi connectivity index (χ0n) is 17.7. The van der Waals surface area contributed by atoms with Crippen LogP contribution in [0, 0.1) is 0 Å². The quantitative estimate of drug-likeness (QED) is 0.202. The maximum absolute atomic E-state index is 13.1. The number of benzene rings is 2. The minimum absolute atomic E-state index is 0.0487. The molecule has 9 heteroatoms. The van der Waals surface area contributed by atoms with Crippen LogP contribution in [0.1, 0.15) is 42.5 Å². The molecular formula is C23H27N3O5S. The molecule has 0 spiro atoms. The van der Waals surface area contributed by atoms with Crippen LogP contribution in [0.15, 0.2) is 48.5 Å². The molecule has 0 saturated carbocycles. The summed E-state index contributed by atoms with van der Waals surface area (Å²) in [5, 5.41) is 35.9. The third-order valence-electron chi connectivity index (χ3n) is 5.70. The smallest absolute Gasteiger partial charge is 0.269 e. The van der Waals surface area contributed by atoms with Crippen molar-refractivity contribution >= 4 is 29.0 Å². The number of carbonyl (C=O) groups is 2. The first kappa shape index (κ1) is 23.6. The number of para-hydroxylation sites is 1. The number of carbonyl (C=O) groups excluding carboxylic acids is 2. The molecule has 2 amide bonds. The van der Waals surface area contributed by atoms with Crippen molar-refractivity contribution in [2.75, 3.05) is 0 Å². The van der Waals surface area contributed by atoms with Crippen LogP contribution < -0.4 is 16.1 Å². The fraction of sp³-hybridized carbons (Fsp3) is 0.348. The average Bonchev–Trinajstić information content (AvgIpc) is 3.09. The van der Waals surface area contributed by atoms with E-state index in [9.17, 15) is 25.0 Å². The first-order valence-corrected chi connectivity index (χ1v) is 10.8. The van der Waals surface area contributed by atoms with Crippen LogP contribution in [0.5, 0.6) is 5.75 Å². The van der Waals surface area contributed by atoms with Gasteiger partial charge in [-0.3, -0.25) is 14.8 Å². The van der Waals surface area contributed by atoms with Crippen molar-refractivity contribution in [1.29, 1.82) is 0 Å². The number of aliphatic hydroxyl groups is 1. The second-order valence-corrected chi connectivity index (χ2v) is 8.42. The van der Waals surface area contributed by atoms with E-state index in [0.29, 0.717) is 23.4 Å². The number of nitrogens with one attached hydrogen (secondary N) is 3. The Balaban J connectivity index is 1.90. The van der Waals surface area contributed by atoms with Gasteiger partial charge in [-0.25, -0.2) is 5.48 Å². The summed E-state index contributed by atoms with van der Waals surface area (Å²) in [6.45, 7) is 1.79. The predicted molar refractivity (Wildman–Crippen MR) is 122 cm³/mol. The molecule has 0 fully saturated rings. The van der Waals surface area contributed by atoms with Gasteiger partial charge in [-0.05, 0) is 29.2 Å². The number of thiocarbonyl (C=S) groups is 1. The maximum Gasteiger partial charge on any atom is 0.269 e. The fourth-order valence-electron chi connectivity index (χ4n) is 4.06. The van der Waals surface area contributed by atoms with Crippen molar-refractivity contribution in [2.45, 2.75) is 50.3 Å². The Morgan fingerprint density at radius 1 is 1.16 bits per heavy atom. The standard InChI is InChI=1S/C23H27N3O5S/c1-2-20(32)25-23(22(30)26-31,12-15-8-4-6-10-17(15)27)13-19(29)24-21-16-9-5-3-7-14(16)11-18(21)28/h3-10,18,21,27-28,31H,2,11-13H2,1H3,(H,24,29)(H,25,32)(H,26,30)/t18-,21+,23+/m1/s1. The Morgan fingerprint density at radius 2 is 1.84 bits per heavy atom. The van der Waals surface area contributed by atoms with Crippen molar-refractivity contribution in [3.05, 3.63) is 65.2 Å². The van der Waals surface area contributed by atoms with E-state index in [1.54, 1.807) is 30.6 Å². The van der Waals surface area contributed by atoms with Crippen LogP contribution in [-0.4, -0.2) is 43.9 Å². The normalized spacial score (nSPS) is 18.8. The van der Waals surface area contributed by atoms with Crippen LogP contribution in [0.25, 0.3) is 0 Å². The third kappa shape index (κ3) is 5.07. The van der Waals surface area contributed by atoms with Gasteiger partial charge in [0.15, 0.2) is 0 Å². The topological polar surface area (TPSA) is 131 Å². The van der Waals surface area contributed by atoms with E-state index in [-0.39, 0.29) is 18.6 Å². The van der Waals surface area contributed by atoms with E-state index >= 15 is 0 Å². The molecular weight excluding hydrogens is 430 g/mol. The van der Waals surface area contributed by atoms with Gasteiger partial charge in [0.25, 0.3) is 5.91 Å². The van der Waals surface area contributed by atoms with E-state index < -0.39 is 29.5 Å². The summed E-state index contributed by atoms with van der Waals surface area (Å²) in [7, 11) is 0. The summed E-state index contributed by atoms with van der Waals surface area (Å²) in [5.74, 6) is -1.43. The number of hydrogen-bond donors (Lipinski definition) is 6. The SMILES string of the molecule is CCC(=S)N[C@](CC(=O)N[C@H]1c2ccccc2C[C@H]1O)(Cc1ccccc1O)C(=O)NO. The maximum atomic E-state index is 13.1. The summed E-state index contributed by atoms with van der Waals surface area (Å²) < 4.78 is 0. The number of hydrogen-bond acceptors (Lipinski definition) is 6. The molecule has 32 heavy (non-hydrogen) atoms. The Kier molecular flexibility index (Phi) is 7.44. The van der Waals surface area contributed by atoms with Gasteiger partial charge < -0.3 is 20.8 Å².